The molecule has 3 N–H and O–H groups in total. The maximum atomic E-state index is 13.6. The van der Waals surface area contributed by atoms with Crippen molar-refractivity contribution in [3.05, 3.63) is 58.1 Å². The summed E-state index contributed by atoms with van der Waals surface area (Å²) in [6, 6.07) is 8.44. The Morgan fingerprint density at radius 2 is 1.89 bits per heavy atom. The maximum Gasteiger partial charge on any atom is 0.137 e. The number of hydrogen-bond donors (Lipinski definition) is 2. The third-order valence-corrected chi connectivity index (χ3v) is 4.11. The van der Waals surface area contributed by atoms with Gasteiger partial charge in [0.05, 0.1) is 4.90 Å². The summed E-state index contributed by atoms with van der Waals surface area (Å²) in [6.45, 7) is 0. The van der Waals surface area contributed by atoms with Crippen LogP contribution in [0, 0.1) is 17.0 Å². The van der Waals surface area contributed by atoms with Gasteiger partial charge in [0.2, 0.25) is 0 Å². The molecule has 0 amide bonds. The van der Waals surface area contributed by atoms with Crippen LogP contribution in [0.3, 0.4) is 0 Å². The van der Waals surface area contributed by atoms with Crippen LogP contribution >= 0.6 is 27.7 Å². The Hall–Kier alpha value is -1.40. The summed E-state index contributed by atoms with van der Waals surface area (Å²) >= 11 is 4.32. The fourth-order valence-electron chi connectivity index (χ4n) is 1.52. The lowest BCUT2D eigenvalue weighted by molar-refractivity contribution is 0.577. The molecule has 0 fully saturated rings. The topological polar surface area (TPSA) is 49.9 Å². The summed E-state index contributed by atoms with van der Waals surface area (Å²) in [5.41, 5.74) is 5.98. The van der Waals surface area contributed by atoms with Crippen molar-refractivity contribution >= 4 is 33.5 Å². The highest BCUT2D eigenvalue weighted by Crippen LogP contribution is 2.35. The second-order valence-electron chi connectivity index (χ2n) is 3.70. The first-order chi connectivity index (χ1) is 8.99. The minimum Gasteiger partial charge on any atom is -0.384 e. The molecule has 0 saturated heterocycles. The Morgan fingerprint density at radius 3 is 2.58 bits per heavy atom. The molecule has 2 aromatic rings. The van der Waals surface area contributed by atoms with Crippen LogP contribution in [0.4, 0.5) is 8.78 Å². The minimum absolute atomic E-state index is 0.133. The predicted octanol–water partition coefficient (Wildman–Crippen LogP) is 4.16. The van der Waals surface area contributed by atoms with Crippen molar-refractivity contribution < 1.29 is 8.78 Å². The van der Waals surface area contributed by atoms with Crippen LogP contribution in [0.2, 0.25) is 0 Å². The van der Waals surface area contributed by atoms with Crippen LogP contribution < -0.4 is 5.73 Å². The minimum atomic E-state index is -0.513. The zero-order valence-corrected chi connectivity index (χ0v) is 12.0. The van der Waals surface area contributed by atoms with Crippen molar-refractivity contribution in [2.24, 2.45) is 5.73 Å². The number of nitrogens with two attached hydrogens (primary N) is 1. The van der Waals surface area contributed by atoms with Gasteiger partial charge in [-0.2, -0.15) is 0 Å². The second-order valence-corrected chi connectivity index (χ2v) is 5.64. The Kier molecular flexibility index (Phi) is 4.21. The average molecular weight is 343 g/mol. The normalized spacial score (nSPS) is 10.5. The van der Waals surface area contributed by atoms with E-state index in [9.17, 15) is 8.78 Å². The van der Waals surface area contributed by atoms with E-state index in [0.717, 1.165) is 30.0 Å². The lowest BCUT2D eigenvalue weighted by atomic mass is 10.2. The molecule has 19 heavy (non-hydrogen) atoms. The van der Waals surface area contributed by atoms with E-state index >= 15 is 0 Å². The number of halogens is 3. The van der Waals surface area contributed by atoms with Gasteiger partial charge in [0.1, 0.15) is 17.5 Å². The third kappa shape index (κ3) is 3.13. The van der Waals surface area contributed by atoms with Gasteiger partial charge in [0.15, 0.2) is 0 Å². The molecule has 6 heteroatoms. The van der Waals surface area contributed by atoms with Gasteiger partial charge in [-0.25, -0.2) is 8.78 Å². The van der Waals surface area contributed by atoms with Gasteiger partial charge in [0.25, 0.3) is 0 Å². The number of benzene rings is 2. The molecule has 2 rings (SSSR count). The molecule has 0 aromatic heterocycles. The van der Waals surface area contributed by atoms with E-state index in [-0.39, 0.29) is 10.7 Å². The van der Waals surface area contributed by atoms with Crippen LogP contribution in [0.15, 0.2) is 50.7 Å². The molecular formula is C13H9BrF2N2S. The van der Waals surface area contributed by atoms with Gasteiger partial charge in [-0.3, -0.25) is 5.41 Å². The Balaban J connectivity index is 2.46. The molecule has 2 nitrogen and oxygen atoms in total. The van der Waals surface area contributed by atoms with E-state index in [2.05, 4.69) is 15.9 Å². The quantitative estimate of drug-likeness (QED) is 0.649. The van der Waals surface area contributed by atoms with Crippen molar-refractivity contribution in [3.8, 4) is 0 Å². The van der Waals surface area contributed by atoms with Crippen LogP contribution in [0.1, 0.15) is 5.56 Å². The highest BCUT2D eigenvalue weighted by atomic mass is 79.9. The monoisotopic (exact) mass is 342 g/mol. The van der Waals surface area contributed by atoms with E-state index in [1.165, 1.54) is 0 Å². The molecule has 0 heterocycles. The molecule has 0 aliphatic carbocycles. The highest BCUT2D eigenvalue weighted by Gasteiger charge is 2.13. The van der Waals surface area contributed by atoms with E-state index in [1.54, 1.807) is 18.2 Å². The van der Waals surface area contributed by atoms with Gasteiger partial charge in [0, 0.05) is 14.9 Å². The largest absolute Gasteiger partial charge is 0.384 e. The number of nitrogen functional groups attached to an aromatic ring is 1. The Morgan fingerprint density at radius 1 is 1.16 bits per heavy atom. The van der Waals surface area contributed by atoms with Crippen LogP contribution in [0.5, 0.6) is 0 Å². The zero-order valence-electron chi connectivity index (χ0n) is 9.58. The number of nitrogens with one attached hydrogen (secondary N) is 1. The summed E-state index contributed by atoms with van der Waals surface area (Å²) in [6.07, 6.45) is 0. The fourth-order valence-corrected chi connectivity index (χ4v) is 3.28. The molecule has 0 radical (unpaired) electrons. The van der Waals surface area contributed by atoms with Gasteiger partial charge < -0.3 is 5.73 Å². The summed E-state index contributed by atoms with van der Waals surface area (Å²) in [4.78, 5) is 0.743. The van der Waals surface area contributed by atoms with Gasteiger partial charge in [-0.15, -0.1) is 0 Å². The van der Waals surface area contributed by atoms with E-state index in [1.807, 2.05) is 0 Å². The first-order valence-electron chi connectivity index (χ1n) is 5.25. The first kappa shape index (κ1) is 14.0. The van der Waals surface area contributed by atoms with Crippen molar-refractivity contribution in [1.29, 1.82) is 5.41 Å². The Labute approximate surface area is 121 Å². The molecule has 98 valence electrons. The van der Waals surface area contributed by atoms with Gasteiger partial charge in [-0.1, -0.05) is 17.8 Å². The highest BCUT2D eigenvalue weighted by molar-refractivity contribution is 9.10. The molecule has 0 unspecified atom stereocenters. The van der Waals surface area contributed by atoms with Crippen molar-refractivity contribution in [1.82, 2.24) is 0 Å². The smallest absolute Gasteiger partial charge is 0.137 e. The van der Waals surface area contributed by atoms with Gasteiger partial charge in [-0.05, 0) is 46.3 Å². The summed E-state index contributed by atoms with van der Waals surface area (Å²) in [5.74, 6) is -1.16. The van der Waals surface area contributed by atoms with E-state index in [4.69, 9.17) is 11.1 Å². The lowest BCUT2D eigenvalue weighted by Gasteiger charge is -2.10. The second kappa shape index (κ2) is 5.71. The number of amidine groups is 1. The third-order valence-electron chi connectivity index (χ3n) is 2.36. The van der Waals surface area contributed by atoms with Crippen LogP contribution in [-0.2, 0) is 0 Å². The van der Waals surface area contributed by atoms with Crippen LogP contribution in [-0.4, -0.2) is 5.84 Å². The first-order valence-corrected chi connectivity index (χ1v) is 6.86. The Bertz CT molecular complexity index is 647. The lowest BCUT2D eigenvalue weighted by Crippen LogP contribution is -2.13. The van der Waals surface area contributed by atoms with Gasteiger partial charge >= 0.3 is 0 Å². The van der Waals surface area contributed by atoms with E-state index < -0.39 is 11.6 Å². The van der Waals surface area contributed by atoms with Crippen molar-refractivity contribution in [2.45, 2.75) is 9.79 Å². The van der Waals surface area contributed by atoms with Crippen molar-refractivity contribution in [3.63, 3.8) is 0 Å². The van der Waals surface area contributed by atoms with E-state index in [0.29, 0.717) is 14.9 Å². The molecule has 0 aliphatic rings. The number of hydrogen-bond acceptors (Lipinski definition) is 2. The molecule has 0 aliphatic heterocycles. The SMILES string of the molecule is N=C(N)c1c(Br)cccc1Sc1cc(F)ccc1F. The zero-order chi connectivity index (χ0) is 14.0. The standard InChI is InChI=1S/C13H9BrF2N2S/c14-8-2-1-3-10(12(8)13(17)18)19-11-6-7(15)4-5-9(11)16/h1-6H,(H3,17,18). The maximum absolute atomic E-state index is 13.6. The van der Waals surface area contributed by atoms with Crippen molar-refractivity contribution in [2.75, 3.05) is 0 Å². The summed E-state index contributed by atoms with van der Waals surface area (Å²) in [5, 5.41) is 7.55. The molecule has 0 saturated carbocycles. The fraction of sp³-hybridized carbons (Fsp3) is 0. The molecule has 0 bridgehead atoms. The number of rotatable bonds is 3. The summed E-state index contributed by atoms with van der Waals surface area (Å²) in [7, 11) is 0. The van der Waals surface area contributed by atoms with Crippen LogP contribution in [0.25, 0.3) is 0 Å². The molecule has 0 spiro atoms. The molecule has 2 aromatic carbocycles. The summed E-state index contributed by atoms with van der Waals surface area (Å²) < 4.78 is 27.4. The average Bonchev–Trinajstić information content (AvgIpc) is 2.33. The molecule has 0 atom stereocenters. The molecular weight excluding hydrogens is 334 g/mol. The predicted molar refractivity (Wildman–Crippen MR) is 75.6 cm³/mol.